The minimum atomic E-state index is 0.241. The lowest BCUT2D eigenvalue weighted by molar-refractivity contribution is 0.419. The highest BCUT2D eigenvalue weighted by atomic mass is 16.5. The zero-order chi connectivity index (χ0) is 12.4. The van der Waals surface area contributed by atoms with E-state index >= 15 is 0 Å². The Morgan fingerprint density at radius 3 is 2.82 bits per heavy atom. The quantitative estimate of drug-likeness (QED) is 0.851. The normalized spacial score (nSPS) is 12.9. The third kappa shape index (κ3) is 2.29. The van der Waals surface area contributed by atoms with Crippen molar-refractivity contribution in [2.75, 3.05) is 7.11 Å². The molecule has 0 aliphatic heterocycles. The Morgan fingerprint density at radius 1 is 1.41 bits per heavy atom. The number of nitrogens with one attached hydrogen (secondary N) is 1. The standard InChI is InChI=1S/C14H20N2O/c1-9(15)7-8-11-10(2)16-14-12(11)5-4-6-13(14)17-3/h4-6,9,16H,7-8,15H2,1-3H3. The molecule has 3 nitrogen and oxygen atoms in total. The molecule has 0 fully saturated rings. The third-order valence-electron chi connectivity index (χ3n) is 3.19. The number of benzene rings is 1. The fourth-order valence-electron chi connectivity index (χ4n) is 2.24. The van der Waals surface area contributed by atoms with Gasteiger partial charge in [-0.25, -0.2) is 0 Å². The maximum atomic E-state index is 5.82. The Labute approximate surface area is 102 Å². The van der Waals surface area contributed by atoms with E-state index in [-0.39, 0.29) is 6.04 Å². The summed E-state index contributed by atoms with van der Waals surface area (Å²) in [5.41, 5.74) is 9.48. The zero-order valence-electron chi connectivity index (χ0n) is 10.7. The summed E-state index contributed by atoms with van der Waals surface area (Å²) in [5, 5.41) is 1.25. The molecule has 1 aromatic carbocycles. The van der Waals surface area contributed by atoms with Gasteiger partial charge in [-0.2, -0.15) is 0 Å². The van der Waals surface area contributed by atoms with E-state index in [0.717, 1.165) is 24.1 Å². The van der Waals surface area contributed by atoms with Crippen LogP contribution in [0.5, 0.6) is 5.75 Å². The van der Waals surface area contributed by atoms with E-state index in [4.69, 9.17) is 10.5 Å². The van der Waals surface area contributed by atoms with E-state index in [1.165, 1.54) is 16.6 Å². The number of aryl methyl sites for hydroxylation is 2. The van der Waals surface area contributed by atoms with Crippen molar-refractivity contribution >= 4 is 10.9 Å². The van der Waals surface area contributed by atoms with Crippen molar-refractivity contribution in [2.45, 2.75) is 32.7 Å². The van der Waals surface area contributed by atoms with Crippen molar-refractivity contribution in [3.05, 3.63) is 29.5 Å². The van der Waals surface area contributed by atoms with Crippen molar-refractivity contribution in [1.29, 1.82) is 0 Å². The first kappa shape index (κ1) is 12.0. The molecule has 0 saturated carbocycles. The SMILES string of the molecule is COc1cccc2c(CCC(C)N)c(C)[nH]c12. The van der Waals surface area contributed by atoms with Crippen LogP contribution < -0.4 is 10.5 Å². The molecule has 0 amide bonds. The summed E-state index contributed by atoms with van der Waals surface area (Å²) >= 11 is 0. The van der Waals surface area contributed by atoms with Crippen molar-refractivity contribution in [1.82, 2.24) is 4.98 Å². The molecule has 1 atom stereocenters. The molecule has 2 aromatic rings. The minimum Gasteiger partial charge on any atom is -0.495 e. The van der Waals surface area contributed by atoms with E-state index in [1.54, 1.807) is 7.11 Å². The van der Waals surface area contributed by atoms with Crippen molar-refractivity contribution in [2.24, 2.45) is 5.73 Å². The zero-order valence-corrected chi connectivity index (χ0v) is 10.7. The number of hydrogen-bond acceptors (Lipinski definition) is 2. The minimum absolute atomic E-state index is 0.241. The molecular formula is C14H20N2O. The first-order valence-electron chi connectivity index (χ1n) is 6.03. The van der Waals surface area contributed by atoms with Gasteiger partial charge in [-0.3, -0.25) is 0 Å². The lowest BCUT2D eigenvalue weighted by Crippen LogP contribution is -2.15. The summed E-state index contributed by atoms with van der Waals surface area (Å²) in [6, 6.07) is 6.39. The first-order valence-corrected chi connectivity index (χ1v) is 6.03. The number of para-hydroxylation sites is 1. The molecule has 1 unspecified atom stereocenters. The van der Waals surface area contributed by atoms with Crippen LogP contribution in [0.4, 0.5) is 0 Å². The maximum Gasteiger partial charge on any atom is 0.142 e. The van der Waals surface area contributed by atoms with Crippen LogP contribution in [0.25, 0.3) is 10.9 Å². The second-order valence-electron chi connectivity index (χ2n) is 4.63. The molecule has 3 heteroatoms. The van der Waals surface area contributed by atoms with Crippen LogP contribution in [-0.4, -0.2) is 18.1 Å². The highest BCUT2D eigenvalue weighted by Crippen LogP contribution is 2.30. The first-order chi connectivity index (χ1) is 8.13. The van der Waals surface area contributed by atoms with Crippen molar-refractivity contribution in [3.63, 3.8) is 0 Å². The van der Waals surface area contributed by atoms with Gasteiger partial charge in [0.1, 0.15) is 5.75 Å². The second kappa shape index (κ2) is 4.80. The molecular weight excluding hydrogens is 212 g/mol. The molecule has 2 rings (SSSR count). The summed E-state index contributed by atoms with van der Waals surface area (Å²) in [4.78, 5) is 3.40. The summed E-state index contributed by atoms with van der Waals surface area (Å²) in [6.07, 6.45) is 2.02. The van der Waals surface area contributed by atoms with Gasteiger partial charge in [0.2, 0.25) is 0 Å². The maximum absolute atomic E-state index is 5.82. The molecule has 0 bridgehead atoms. The van der Waals surface area contributed by atoms with Gasteiger partial charge in [0, 0.05) is 17.1 Å². The van der Waals surface area contributed by atoms with Gasteiger partial charge >= 0.3 is 0 Å². The van der Waals surface area contributed by atoms with Crippen LogP contribution >= 0.6 is 0 Å². The molecule has 0 radical (unpaired) electrons. The van der Waals surface area contributed by atoms with Crippen LogP contribution in [0.3, 0.4) is 0 Å². The number of hydrogen-bond donors (Lipinski definition) is 2. The third-order valence-corrected chi connectivity index (χ3v) is 3.19. The highest BCUT2D eigenvalue weighted by Gasteiger charge is 2.11. The summed E-state index contributed by atoms with van der Waals surface area (Å²) < 4.78 is 5.37. The van der Waals surface area contributed by atoms with Gasteiger partial charge in [0.25, 0.3) is 0 Å². The van der Waals surface area contributed by atoms with Gasteiger partial charge in [0.15, 0.2) is 0 Å². The molecule has 1 aromatic heterocycles. The fraction of sp³-hybridized carbons (Fsp3) is 0.429. The molecule has 0 aliphatic carbocycles. The van der Waals surface area contributed by atoms with E-state index in [2.05, 4.69) is 18.0 Å². The van der Waals surface area contributed by atoms with Gasteiger partial charge in [0.05, 0.1) is 12.6 Å². The average molecular weight is 232 g/mol. The molecule has 0 aliphatic rings. The smallest absolute Gasteiger partial charge is 0.142 e. The van der Waals surface area contributed by atoms with E-state index in [9.17, 15) is 0 Å². The van der Waals surface area contributed by atoms with Crippen molar-refractivity contribution < 1.29 is 4.74 Å². The Morgan fingerprint density at radius 2 is 2.18 bits per heavy atom. The van der Waals surface area contributed by atoms with Crippen LogP contribution in [0.2, 0.25) is 0 Å². The fourth-order valence-corrected chi connectivity index (χ4v) is 2.24. The number of aromatic amines is 1. The number of nitrogens with two attached hydrogens (primary N) is 1. The number of fused-ring (bicyclic) bond motifs is 1. The average Bonchev–Trinajstić information content (AvgIpc) is 2.62. The van der Waals surface area contributed by atoms with Gasteiger partial charge < -0.3 is 15.5 Å². The number of ether oxygens (including phenoxy) is 1. The topological polar surface area (TPSA) is 51.0 Å². The second-order valence-corrected chi connectivity index (χ2v) is 4.63. The van der Waals surface area contributed by atoms with Crippen LogP contribution in [0, 0.1) is 6.92 Å². The summed E-state index contributed by atoms with van der Waals surface area (Å²) in [6.45, 7) is 4.15. The number of H-pyrrole nitrogens is 1. The van der Waals surface area contributed by atoms with E-state index < -0.39 is 0 Å². The van der Waals surface area contributed by atoms with Gasteiger partial charge in [-0.15, -0.1) is 0 Å². The number of methoxy groups -OCH3 is 1. The molecule has 17 heavy (non-hydrogen) atoms. The van der Waals surface area contributed by atoms with Crippen LogP contribution in [-0.2, 0) is 6.42 Å². The molecule has 0 spiro atoms. The van der Waals surface area contributed by atoms with E-state index in [0.29, 0.717) is 0 Å². The van der Waals surface area contributed by atoms with Crippen LogP contribution in [0.1, 0.15) is 24.6 Å². The Kier molecular flexibility index (Phi) is 3.38. The summed E-state index contributed by atoms with van der Waals surface area (Å²) in [5.74, 6) is 0.901. The Bertz CT molecular complexity index is 514. The molecule has 1 heterocycles. The van der Waals surface area contributed by atoms with Crippen LogP contribution in [0.15, 0.2) is 18.2 Å². The van der Waals surface area contributed by atoms with Gasteiger partial charge in [-0.05, 0) is 38.3 Å². The lowest BCUT2D eigenvalue weighted by atomic mass is 10.0. The Hall–Kier alpha value is -1.48. The van der Waals surface area contributed by atoms with Crippen molar-refractivity contribution in [3.8, 4) is 5.75 Å². The Balaban J connectivity index is 2.45. The predicted octanol–water partition coefficient (Wildman–Crippen LogP) is 2.76. The largest absolute Gasteiger partial charge is 0.495 e. The number of rotatable bonds is 4. The summed E-state index contributed by atoms with van der Waals surface area (Å²) in [7, 11) is 1.70. The lowest BCUT2D eigenvalue weighted by Gasteiger charge is -2.05. The van der Waals surface area contributed by atoms with Gasteiger partial charge in [-0.1, -0.05) is 12.1 Å². The molecule has 3 N–H and O–H groups in total. The highest BCUT2D eigenvalue weighted by molar-refractivity contribution is 5.89. The number of aromatic nitrogens is 1. The monoisotopic (exact) mass is 232 g/mol. The van der Waals surface area contributed by atoms with E-state index in [1.807, 2.05) is 19.1 Å². The predicted molar refractivity (Wildman–Crippen MR) is 71.6 cm³/mol. The molecule has 92 valence electrons. The molecule has 0 saturated heterocycles.